The fourth-order valence-corrected chi connectivity index (χ4v) is 1.78. The molecule has 2 N–H and O–H groups in total. The van der Waals surface area contributed by atoms with Gasteiger partial charge in [0.25, 0.3) is 0 Å². The van der Waals surface area contributed by atoms with Gasteiger partial charge in [-0.1, -0.05) is 18.2 Å². The number of esters is 1. The Morgan fingerprint density at radius 1 is 1.47 bits per heavy atom. The maximum atomic E-state index is 11.3. The number of hydrogen-bond donors (Lipinski definition) is 1. The van der Waals surface area contributed by atoms with E-state index >= 15 is 0 Å². The summed E-state index contributed by atoms with van der Waals surface area (Å²) in [6, 6.07) is 7.44. The summed E-state index contributed by atoms with van der Waals surface area (Å²) in [6.07, 6.45) is 0. The van der Waals surface area contributed by atoms with Crippen molar-refractivity contribution in [1.82, 2.24) is 0 Å². The highest BCUT2D eigenvalue weighted by Gasteiger charge is 2.18. The van der Waals surface area contributed by atoms with Crippen molar-refractivity contribution in [2.45, 2.75) is 19.9 Å². The van der Waals surface area contributed by atoms with Crippen molar-refractivity contribution >= 4 is 11.7 Å². The van der Waals surface area contributed by atoms with Crippen molar-refractivity contribution in [3.8, 4) is 0 Å². The van der Waals surface area contributed by atoms with Gasteiger partial charge < -0.3 is 15.4 Å². The van der Waals surface area contributed by atoms with Crippen LogP contribution in [0.3, 0.4) is 0 Å². The molecule has 0 aliphatic heterocycles. The van der Waals surface area contributed by atoms with Crippen LogP contribution in [0.5, 0.6) is 0 Å². The molecule has 0 aliphatic rings. The van der Waals surface area contributed by atoms with Crippen LogP contribution in [0.4, 0.5) is 5.69 Å². The number of benzene rings is 1. The van der Waals surface area contributed by atoms with Gasteiger partial charge in [-0.25, -0.2) is 0 Å². The predicted molar refractivity (Wildman–Crippen MR) is 69.1 cm³/mol. The smallest absolute Gasteiger partial charge is 0.324 e. The van der Waals surface area contributed by atoms with Crippen LogP contribution >= 0.6 is 0 Å². The zero-order chi connectivity index (χ0) is 12.8. The van der Waals surface area contributed by atoms with Crippen LogP contribution in [0.25, 0.3) is 0 Å². The molecular formula is C13H20N2O2. The summed E-state index contributed by atoms with van der Waals surface area (Å²) in [7, 11) is 1.35. The highest BCUT2D eigenvalue weighted by Crippen LogP contribution is 2.19. The van der Waals surface area contributed by atoms with E-state index in [1.165, 1.54) is 12.7 Å². The first-order valence-corrected chi connectivity index (χ1v) is 5.74. The second kappa shape index (κ2) is 6.25. The van der Waals surface area contributed by atoms with E-state index in [1.807, 2.05) is 38.1 Å². The number of carbonyl (C=O) groups excluding carboxylic acids is 1. The number of nitrogens with two attached hydrogens (primary N) is 1. The Bertz CT molecular complexity index is 379. The molecule has 0 bridgehead atoms. The quantitative estimate of drug-likeness (QED) is 0.783. The minimum absolute atomic E-state index is 0.378. The van der Waals surface area contributed by atoms with Crippen molar-refractivity contribution in [2.75, 3.05) is 25.1 Å². The molecule has 1 aromatic rings. The summed E-state index contributed by atoms with van der Waals surface area (Å²) in [5.74, 6) is -0.378. The van der Waals surface area contributed by atoms with E-state index < -0.39 is 6.04 Å². The van der Waals surface area contributed by atoms with Crippen LogP contribution < -0.4 is 10.6 Å². The van der Waals surface area contributed by atoms with Crippen molar-refractivity contribution in [1.29, 1.82) is 0 Å². The highest BCUT2D eigenvalue weighted by molar-refractivity contribution is 5.76. The molecule has 17 heavy (non-hydrogen) atoms. The number of hydrogen-bond acceptors (Lipinski definition) is 4. The lowest BCUT2D eigenvalue weighted by molar-refractivity contribution is -0.141. The van der Waals surface area contributed by atoms with Gasteiger partial charge in [0.1, 0.15) is 6.04 Å². The lowest BCUT2D eigenvalue weighted by Gasteiger charge is -2.26. The topological polar surface area (TPSA) is 55.6 Å². The van der Waals surface area contributed by atoms with Gasteiger partial charge >= 0.3 is 5.97 Å². The van der Waals surface area contributed by atoms with Gasteiger partial charge in [-0.15, -0.1) is 0 Å². The lowest BCUT2D eigenvalue weighted by atomic mass is 10.1. The maximum Gasteiger partial charge on any atom is 0.324 e. The van der Waals surface area contributed by atoms with Gasteiger partial charge in [0.2, 0.25) is 0 Å². The molecule has 4 nitrogen and oxygen atoms in total. The van der Waals surface area contributed by atoms with E-state index in [-0.39, 0.29) is 5.97 Å². The SMILES string of the molecule is CCN(CC(N)C(=O)OC)c1ccccc1C. The Labute approximate surface area is 102 Å². The van der Waals surface area contributed by atoms with Crippen molar-refractivity contribution in [3.05, 3.63) is 29.8 Å². The number of nitrogens with zero attached hydrogens (tertiary/aromatic N) is 1. The first kappa shape index (κ1) is 13.5. The van der Waals surface area contributed by atoms with E-state index in [2.05, 4.69) is 9.64 Å². The van der Waals surface area contributed by atoms with Crippen LogP contribution in [0.2, 0.25) is 0 Å². The van der Waals surface area contributed by atoms with Crippen molar-refractivity contribution in [3.63, 3.8) is 0 Å². The molecule has 0 spiro atoms. The zero-order valence-corrected chi connectivity index (χ0v) is 10.6. The van der Waals surface area contributed by atoms with Crippen LogP contribution in [0.1, 0.15) is 12.5 Å². The molecule has 0 saturated heterocycles. The number of methoxy groups -OCH3 is 1. The molecule has 1 rings (SSSR count). The molecule has 0 heterocycles. The van der Waals surface area contributed by atoms with Gasteiger partial charge in [0, 0.05) is 18.8 Å². The standard InChI is InChI=1S/C13H20N2O2/c1-4-15(9-11(14)13(16)17-3)12-8-6-5-7-10(12)2/h5-8,11H,4,9,14H2,1-3H3. The van der Waals surface area contributed by atoms with Crippen LogP contribution in [-0.2, 0) is 9.53 Å². The zero-order valence-electron chi connectivity index (χ0n) is 10.6. The maximum absolute atomic E-state index is 11.3. The number of rotatable bonds is 5. The third-order valence-corrected chi connectivity index (χ3v) is 2.76. The Kier molecular flexibility index (Phi) is 4.97. The number of carbonyl (C=O) groups is 1. The van der Waals surface area contributed by atoms with Crippen LogP contribution in [0, 0.1) is 6.92 Å². The van der Waals surface area contributed by atoms with Gasteiger partial charge in [0.05, 0.1) is 7.11 Å². The van der Waals surface area contributed by atoms with Crippen LogP contribution in [-0.4, -0.2) is 32.2 Å². The molecule has 0 aliphatic carbocycles. The van der Waals surface area contributed by atoms with E-state index in [0.29, 0.717) is 6.54 Å². The number of ether oxygens (including phenoxy) is 1. The highest BCUT2D eigenvalue weighted by atomic mass is 16.5. The van der Waals surface area contributed by atoms with E-state index in [0.717, 1.165) is 12.2 Å². The summed E-state index contributed by atoms with van der Waals surface area (Å²) in [5, 5.41) is 0. The number of para-hydroxylation sites is 1. The average Bonchev–Trinajstić information content (AvgIpc) is 2.35. The van der Waals surface area contributed by atoms with E-state index in [1.54, 1.807) is 0 Å². The molecule has 1 unspecified atom stereocenters. The number of aryl methyl sites for hydroxylation is 1. The van der Waals surface area contributed by atoms with Gasteiger partial charge in [-0.3, -0.25) is 4.79 Å². The fourth-order valence-electron chi connectivity index (χ4n) is 1.78. The molecule has 0 amide bonds. The first-order chi connectivity index (χ1) is 8.10. The minimum atomic E-state index is -0.612. The summed E-state index contributed by atoms with van der Waals surface area (Å²) in [6.45, 7) is 5.35. The van der Waals surface area contributed by atoms with Crippen molar-refractivity contribution in [2.24, 2.45) is 5.73 Å². The molecule has 0 radical (unpaired) electrons. The second-order valence-corrected chi connectivity index (χ2v) is 3.95. The summed E-state index contributed by atoms with van der Waals surface area (Å²) < 4.78 is 4.63. The minimum Gasteiger partial charge on any atom is -0.468 e. The molecular weight excluding hydrogens is 216 g/mol. The molecule has 0 fully saturated rings. The Morgan fingerprint density at radius 2 is 2.12 bits per heavy atom. The lowest BCUT2D eigenvalue weighted by Crippen LogP contribution is -2.43. The van der Waals surface area contributed by atoms with Crippen molar-refractivity contribution < 1.29 is 9.53 Å². The van der Waals surface area contributed by atoms with Crippen LogP contribution in [0.15, 0.2) is 24.3 Å². The van der Waals surface area contributed by atoms with Gasteiger partial charge in [-0.2, -0.15) is 0 Å². The predicted octanol–water partition coefficient (Wildman–Crippen LogP) is 1.32. The van der Waals surface area contributed by atoms with Gasteiger partial charge in [0.15, 0.2) is 0 Å². The summed E-state index contributed by atoms with van der Waals surface area (Å²) in [5.41, 5.74) is 8.05. The third kappa shape index (κ3) is 3.46. The Morgan fingerprint density at radius 3 is 2.65 bits per heavy atom. The normalized spacial score (nSPS) is 12.0. The molecule has 4 heteroatoms. The fraction of sp³-hybridized carbons (Fsp3) is 0.462. The second-order valence-electron chi connectivity index (χ2n) is 3.95. The molecule has 1 aromatic carbocycles. The Balaban J connectivity index is 2.79. The number of anilines is 1. The summed E-state index contributed by atoms with van der Waals surface area (Å²) in [4.78, 5) is 13.4. The number of likely N-dealkylation sites (N-methyl/N-ethyl adjacent to an activating group) is 1. The summed E-state index contributed by atoms with van der Waals surface area (Å²) >= 11 is 0. The van der Waals surface area contributed by atoms with Gasteiger partial charge in [-0.05, 0) is 25.5 Å². The largest absolute Gasteiger partial charge is 0.468 e. The molecule has 0 saturated carbocycles. The van der Waals surface area contributed by atoms with E-state index in [4.69, 9.17) is 5.73 Å². The average molecular weight is 236 g/mol. The third-order valence-electron chi connectivity index (χ3n) is 2.76. The van der Waals surface area contributed by atoms with E-state index in [9.17, 15) is 4.79 Å². The molecule has 1 atom stereocenters. The molecule has 94 valence electrons. The molecule has 0 aromatic heterocycles. The first-order valence-electron chi connectivity index (χ1n) is 5.74. The Hall–Kier alpha value is -1.55. The monoisotopic (exact) mass is 236 g/mol.